The van der Waals surface area contributed by atoms with Crippen LogP contribution < -0.4 is 5.73 Å². The third-order valence-electron chi connectivity index (χ3n) is 3.19. The highest BCUT2D eigenvalue weighted by atomic mass is 35.5. The first-order valence-electron chi connectivity index (χ1n) is 5.24. The van der Waals surface area contributed by atoms with Crippen LogP contribution in [0.4, 0.5) is 0 Å². The average Bonchev–Trinajstić information content (AvgIpc) is 2.67. The van der Waals surface area contributed by atoms with Crippen molar-refractivity contribution in [2.45, 2.75) is 25.2 Å². The van der Waals surface area contributed by atoms with Crippen molar-refractivity contribution in [1.29, 1.82) is 0 Å². The zero-order valence-electron chi connectivity index (χ0n) is 8.45. The summed E-state index contributed by atoms with van der Waals surface area (Å²) in [6, 6.07) is 7.72. The second-order valence-corrected chi connectivity index (χ2v) is 4.47. The zero-order valence-corrected chi connectivity index (χ0v) is 9.20. The molecule has 1 saturated carbocycles. The van der Waals surface area contributed by atoms with Crippen molar-refractivity contribution in [3.05, 3.63) is 34.9 Å². The molecule has 1 aliphatic carbocycles. The molecule has 0 radical (unpaired) electrons. The molecule has 80 valence electrons. The number of benzene rings is 1. The van der Waals surface area contributed by atoms with Gasteiger partial charge >= 0.3 is 0 Å². The van der Waals surface area contributed by atoms with E-state index >= 15 is 0 Å². The van der Waals surface area contributed by atoms with Gasteiger partial charge in [0, 0.05) is 10.9 Å². The molecule has 2 N–H and O–H groups in total. The zero-order chi connectivity index (χ0) is 10.8. The Morgan fingerprint density at radius 3 is 2.73 bits per heavy atom. The molecule has 0 heterocycles. The molecule has 2 nitrogen and oxygen atoms in total. The fourth-order valence-electron chi connectivity index (χ4n) is 2.45. The maximum atomic E-state index is 11.3. The molecule has 1 aromatic rings. The monoisotopic (exact) mass is 223 g/mol. The summed E-state index contributed by atoms with van der Waals surface area (Å²) in [6.45, 7) is 0. The van der Waals surface area contributed by atoms with Crippen molar-refractivity contribution in [2.75, 3.05) is 0 Å². The van der Waals surface area contributed by atoms with Gasteiger partial charge in [-0.2, -0.15) is 0 Å². The summed E-state index contributed by atoms with van der Waals surface area (Å²) in [5, 5.41) is 0.746. The fourth-order valence-corrected chi connectivity index (χ4v) is 2.72. The summed E-state index contributed by atoms with van der Waals surface area (Å²) in [5.74, 6) is -0.0153. The Morgan fingerprint density at radius 2 is 2.07 bits per heavy atom. The predicted molar refractivity (Wildman–Crippen MR) is 60.7 cm³/mol. The molecule has 0 saturated heterocycles. The van der Waals surface area contributed by atoms with Crippen molar-refractivity contribution in [3.63, 3.8) is 0 Å². The Morgan fingerprint density at radius 1 is 1.33 bits per heavy atom. The van der Waals surface area contributed by atoms with Gasteiger partial charge in [0.2, 0.25) is 5.91 Å². The van der Waals surface area contributed by atoms with Crippen LogP contribution in [0.25, 0.3) is 0 Å². The Kier molecular flexibility index (Phi) is 2.96. The summed E-state index contributed by atoms with van der Waals surface area (Å²) in [5.41, 5.74) is 6.46. The lowest BCUT2D eigenvalue weighted by Crippen LogP contribution is -2.25. The van der Waals surface area contributed by atoms with Gasteiger partial charge in [0.05, 0.1) is 0 Å². The number of nitrogens with two attached hydrogens (primary N) is 1. The molecule has 0 spiro atoms. The quantitative estimate of drug-likeness (QED) is 0.823. The van der Waals surface area contributed by atoms with Gasteiger partial charge in [0.15, 0.2) is 0 Å². The Labute approximate surface area is 94.4 Å². The van der Waals surface area contributed by atoms with Crippen LogP contribution in [-0.2, 0) is 4.79 Å². The molecule has 0 aromatic heterocycles. The van der Waals surface area contributed by atoms with Crippen LogP contribution in [0.5, 0.6) is 0 Å². The highest BCUT2D eigenvalue weighted by molar-refractivity contribution is 6.31. The van der Waals surface area contributed by atoms with E-state index in [0.717, 1.165) is 29.8 Å². The molecule has 1 fully saturated rings. The lowest BCUT2D eigenvalue weighted by molar-refractivity contribution is -0.122. The van der Waals surface area contributed by atoms with Crippen molar-refractivity contribution in [1.82, 2.24) is 0 Å². The van der Waals surface area contributed by atoms with Crippen LogP contribution >= 0.6 is 11.6 Å². The predicted octanol–water partition coefficient (Wildman–Crippen LogP) is 2.71. The van der Waals surface area contributed by atoms with E-state index in [1.807, 2.05) is 24.3 Å². The molecule has 3 heteroatoms. The number of carbonyl (C=O) groups is 1. The molecular formula is C12H14ClNO. The van der Waals surface area contributed by atoms with Crippen LogP contribution in [-0.4, -0.2) is 5.91 Å². The van der Waals surface area contributed by atoms with Gasteiger partial charge < -0.3 is 5.73 Å². The number of hydrogen-bond acceptors (Lipinski definition) is 1. The second kappa shape index (κ2) is 4.23. The molecule has 2 unspecified atom stereocenters. The molecule has 1 aliphatic rings. The summed E-state index contributed by atoms with van der Waals surface area (Å²) in [7, 11) is 0. The minimum Gasteiger partial charge on any atom is -0.369 e. The average molecular weight is 224 g/mol. The normalized spacial score (nSPS) is 25.4. The lowest BCUT2D eigenvalue weighted by Gasteiger charge is -2.17. The highest BCUT2D eigenvalue weighted by Crippen LogP contribution is 2.41. The third kappa shape index (κ3) is 2.00. The van der Waals surface area contributed by atoms with Crippen molar-refractivity contribution in [2.24, 2.45) is 11.7 Å². The van der Waals surface area contributed by atoms with Crippen LogP contribution in [0, 0.1) is 5.92 Å². The minimum atomic E-state index is -0.197. The number of carbonyl (C=O) groups excluding carboxylic acids is 1. The molecule has 2 atom stereocenters. The molecule has 1 amide bonds. The van der Waals surface area contributed by atoms with Gasteiger partial charge in [0.25, 0.3) is 0 Å². The van der Waals surface area contributed by atoms with E-state index in [1.165, 1.54) is 0 Å². The first kappa shape index (κ1) is 10.5. The van der Waals surface area contributed by atoms with Gasteiger partial charge in [-0.15, -0.1) is 0 Å². The topological polar surface area (TPSA) is 43.1 Å². The van der Waals surface area contributed by atoms with Gasteiger partial charge in [0.1, 0.15) is 0 Å². The first-order chi connectivity index (χ1) is 7.20. The fraction of sp³-hybridized carbons (Fsp3) is 0.417. The van der Waals surface area contributed by atoms with E-state index in [9.17, 15) is 4.79 Å². The lowest BCUT2D eigenvalue weighted by atomic mass is 9.88. The minimum absolute atomic E-state index is 0.0371. The van der Waals surface area contributed by atoms with Crippen LogP contribution in [0.15, 0.2) is 24.3 Å². The maximum absolute atomic E-state index is 11.3. The van der Waals surface area contributed by atoms with Gasteiger partial charge in [-0.05, 0) is 30.4 Å². The third-order valence-corrected chi connectivity index (χ3v) is 3.53. The van der Waals surface area contributed by atoms with Crippen LogP contribution in [0.3, 0.4) is 0 Å². The number of halogens is 1. The van der Waals surface area contributed by atoms with Crippen LogP contribution in [0.1, 0.15) is 30.7 Å². The smallest absolute Gasteiger partial charge is 0.221 e. The van der Waals surface area contributed by atoms with E-state index in [0.29, 0.717) is 0 Å². The number of amides is 1. The van der Waals surface area contributed by atoms with Gasteiger partial charge in [-0.3, -0.25) is 4.79 Å². The number of primary amides is 1. The SMILES string of the molecule is NC(=O)C1CCCC1c1ccccc1Cl. The number of hydrogen-bond donors (Lipinski definition) is 1. The summed E-state index contributed by atoms with van der Waals surface area (Å²) in [4.78, 5) is 11.3. The van der Waals surface area contributed by atoms with E-state index in [2.05, 4.69) is 0 Å². The van der Waals surface area contributed by atoms with Crippen LogP contribution in [0.2, 0.25) is 5.02 Å². The van der Waals surface area contributed by atoms with Crippen molar-refractivity contribution >= 4 is 17.5 Å². The van der Waals surface area contributed by atoms with Crippen molar-refractivity contribution < 1.29 is 4.79 Å². The largest absolute Gasteiger partial charge is 0.369 e. The molecule has 0 aliphatic heterocycles. The Balaban J connectivity index is 2.30. The summed E-state index contributed by atoms with van der Waals surface area (Å²) >= 11 is 6.12. The first-order valence-corrected chi connectivity index (χ1v) is 5.61. The maximum Gasteiger partial charge on any atom is 0.221 e. The number of rotatable bonds is 2. The molecule has 1 aromatic carbocycles. The summed E-state index contributed by atoms with van der Waals surface area (Å²) < 4.78 is 0. The Bertz CT molecular complexity index is 378. The standard InChI is InChI=1S/C12H14ClNO/c13-11-7-2-1-4-9(11)8-5-3-6-10(8)12(14)15/h1-2,4,7-8,10H,3,5-6H2,(H2,14,15). The molecular weight excluding hydrogens is 210 g/mol. The summed E-state index contributed by atoms with van der Waals surface area (Å²) in [6.07, 6.45) is 2.96. The van der Waals surface area contributed by atoms with E-state index < -0.39 is 0 Å². The van der Waals surface area contributed by atoms with Gasteiger partial charge in [-0.1, -0.05) is 36.2 Å². The Hall–Kier alpha value is -1.02. The molecule has 15 heavy (non-hydrogen) atoms. The van der Waals surface area contributed by atoms with Gasteiger partial charge in [-0.25, -0.2) is 0 Å². The molecule has 2 rings (SSSR count). The molecule has 0 bridgehead atoms. The van der Waals surface area contributed by atoms with E-state index in [4.69, 9.17) is 17.3 Å². The second-order valence-electron chi connectivity index (χ2n) is 4.07. The highest BCUT2D eigenvalue weighted by Gasteiger charge is 2.33. The van der Waals surface area contributed by atoms with Crippen molar-refractivity contribution in [3.8, 4) is 0 Å². The van der Waals surface area contributed by atoms with E-state index in [-0.39, 0.29) is 17.7 Å². The van der Waals surface area contributed by atoms with E-state index in [1.54, 1.807) is 0 Å².